The number of fused-ring (bicyclic) bond motifs is 1. The number of anilines is 1. The number of carbonyl (C=O) groups excluding carboxylic acids is 1. The number of nitrogens with two attached hydrogens (primary N) is 1. The minimum atomic E-state index is -0.402. The summed E-state index contributed by atoms with van der Waals surface area (Å²) < 4.78 is 5.20. The van der Waals surface area contributed by atoms with Crippen LogP contribution in [0.4, 0.5) is 5.69 Å². The van der Waals surface area contributed by atoms with E-state index in [9.17, 15) is 4.79 Å². The average Bonchev–Trinajstić information content (AvgIpc) is 2.86. The molecule has 0 fully saturated rings. The molecule has 1 aromatic rings. The molecule has 2 rings (SSSR count). The molecule has 1 atom stereocenters. The molecule has 104 valence electrons. The lowest BCUT2D eigenvalue weighted by Crippen LogP contribution is -2.43. The van der Waals surface area contributed by atoms with Crippen molar-refractivity contribution in [1.82, 2.24) is 0 Å². The van der Waals surface area contributed by atoms with Crippen LogP contribution in [0.3, 0.4) is 0 Å². The Bertz CT molecular complexity index is 465. The summed E-state index contributed by atoms with van der Waals surface area (Å²) in [6.07, 6.45) is 3.62. The molecule has 0 aromatic heterocycles. The van der Waals surface area contributed by atoms with Crippen LogP contribution in [0.1, 0.15) is 12.0 Å². The first-order chi connectivity index (χ1) is 9.17. The van der Waals surface area contributed by atoms with Crippen LogP contribution in [0.15, 0.2) is 18.2 Å². The molecular formula is C14H20N2O2S. The fraction of sp³-hybridized carbons (Fsp3) is 0.500. The molecule has 1 aromatic carbocycles. The number of thioether (sulfide) groups is 1. The third kappa shape index (κ3) is 3.04. The minimum absolute atomic E-state index is 0.0259. The number of methoxy groups -OCH3 is 1. The second-order valence-corrected chi connectivity index (χ2v) is 5.61. The molecule has 2 N–H and O–H groups in total. The average molecular weight is 280 g/mol. The van der Waals surface area contributed by atoms with Crippen LogP contribution in [-0.2, 0) is 11.2 Å². The molecule has 5 heteroatoms. The summed E-state index contributed by atoms with van der Waals surface area (Å²) in [4.78, 5) is 14.1. The molecule has 1 heterocycles. The summed E-state index contributed by atoms with van der Waals surface area (Å²) in [5.74, 6) is 1.77. The molecule has 1 aliphatic heterocycles. The quantitative estimate of drug-likeness (QED) is 0.891. The number of ether oxygens (including phenoxy) is 1. The maximum absolute atomic E-state index is 12.3. The van der Waals surface area contributed by atoms with Crippen LogP contribution < -0.4 is 15.4 Å². The first kappa shape index (κ1) is 14.2. The summed E-state index contributed by atoms with van der Waals surface area (Å²) in [5.41, 5.74) is 8.10. The molecule has 4 nitrogen and oxygen atoms in total. The van der Waals surface area contributed by atoms with Gasteiger partial charge in [0.25, 0.3) is 0 Å². The zero-order valence-corrected chi connectivity index (χ0v) is 12.2. The zero-order chi connectivity index (χ0) is 13.8. The van der Waals surface area contributed by atoms with E-state index in [4.69, 9.17) is 10.5 Å². The highest BCUT2D eigenvalue weighted by Crippen LogP contribution is 2.31. The highest BCUT2D eigenvalue weighted by atomic mass is 32.2. The number of hydrogen-bond donors (Lipinski definition) is 1. The Morgan fingerprint density at radius 2 is 2.37 bits per heavy atom. The van der Waals surface area contributed by atoms with Crippen molar-refractivity contribution in [3.8, 4) is 5.75 Å². The summed E-state index contributed by atoms with van der Waals surface area (Å²) in [7, 11) is 1.65. The van der Waals surface area contributed by atoms with Crippen molar-refractivity contribution in [1.29, 1.82) is 0 Å². The predicted molar refractivity (Wildman–Crippen MR) is 80.0 cm³/mol. The topological polar surface area (TPSA) is 55.6 Å². The first-order valence-corrected chi connectivity index (χ1v) is 7.79. The molecule has 0 radical (unpaired) electrons. The lowest BCUT2D eigenvalue weighted by Gasteiger charge is -2.21. The van der Waals surface area contributed by atoms with Crippen LogP contribution in [0, 0.1) is 0 Å². The second-order valence-electron chi connectivity index (χ2n) is 4.62. The van der Waals surface area contributed by atoms with Gasteiger partial charge in [-0.15, -0.1) is 0 Å². The molecular weight excluding hydrogens is 260 g/mol. The number of amides is 1. The van der Waals surface area contributed by atoms with Gasteiger partial charge in [-0.05, 0) is 48.6 Å². The van der Waals surface area contributed by atoms with Gasteiger partial charge in [-0.2, -0.15) is 11.8 Å². The largest absolute Gasteiger partial charge is 0.497 e. The Morgan fingerprint density at radius 3 is 3.05 bits per heavy atom. The molecule has 1 amide bonds. The molecule has 0 unspecified atom stereocenters. The van der Waals surface area contributed by atoms with Gasteiger partial charge < -0.3 is 15.4 Å². The molecule has 1 aliphatic rings. The molecule has 19 heavy (non-hydrogen) atoms. The number of benzene rings is 1. The van der Waals surface area contributed by atoms with Crippen LogP contribution in [-0.4, -0.2) is 37.6 Å². The fourth-order valence-corrected chi connectivity index (χ4v) is 2.79. The molecule has 0 saturated heterocycles. The second kappa shape index (κ2) is 6.30. The number of hydrogen-bond acceptors (Lipinski definition) is 4. The van der Waals surface area contributed by atoms with Gasteiger partial charge in [0.15, 0.2) is 0 Å². The van der Waals surface area contributed by atoms with E-state index in [2.05, 4.69) is 0 Å². The van der Waals surface area contributed by atoms with Gasteiger partial charge in [0.05, 0.1) is 13.2 Å². The molecule has 0 aliphatic carbocycles. The van der Waals surface area contributed by atoms with Crippen molar-refractivity contribution in [2.24, 2.45) is 5.73 Å². The maximum Gasteiger partial charge on any atom is 0.243 e. The highest BCUT2D eigenvalue weighted by Gasteiger charge is 2.28. The fourth-order valence-electron chi connectivity index (χ4n) is 2.30. The monoisotopic (exact) mass is 280 g/mol. The smallest absolute Gasteiger partial charge is 0.243 e. The lowest BCUT2D eigenvalue weighted by atomic mass is 10.1. The first-order valence-electron chi connectivity index (χ1n) is 6.40. The van der Waals surface area contributed by atoms with E-state index in [1.165, 1.54) is 0 Å². The van der Waals surface area contributed by atoms with Crippen LogP contribution in [0.25, 0.3) is 0 Å². The Morgan fingerprint density at radius 1 is 1.58 bits per heavy atom. The normalized spacial score (nSPS) is 15.2. The molecule has 0 saturated carbocycles. The van der Waals surface area contributed by atoms with E-state index in [1.807, 2.05) is 24.5 Å². The van der Waals surface area contributed by atoms with Crippen molar-refractivity contribution in [2.45, 2.75) is 18.9 Å². The number of carbonyl (C=O) groups is 1. The third-order valence-corrected chi connectivity index (χ3v) is 4.04. The van der Waals surface area contributed by atoms with Gasteiger partial charge in [-0.3, -0.25) is 4.79 Å². The number of nitrogens with zero attached hydrogens (tertiary/aromatic N) is 1. The van der Waals surface area contributed by atoms with Crippen molar-refractivity contribution < 1.29 is 9.53 Å². The summed E-state index contributed by atoms with van der Waals surface area (Å²) >= 11 is 1.71. The Balaban J connectivity index is 2.11. The Labute approximate surface area is 118 Å². The van der Waals surface area contributed by atoms with Gasteiger partial charge in [0.2, 0.25) is 5.91 Å². The van der Waals surface area contributed by atoms with Gasteiger partial charge in [-0.1, -0.05) is 0 Å². The molecule has 0 spiro atoms. The standard InChI is InChI=1S/C14H20N2O2S/c1-18-11-3-4-13-10(9-11)5-7-16(13)14(17)12(15)6-8-19-2/h3-4,9,12H,5-8,15H2,1-2H3/t12-/m0/s1. The van der Waals surface area contributed by atoms with Gasteiger partial charge >= 0.3 is 0 Å². The summed E-state index contributed by atoms with van der Waals surface area (Å²) in [6, 6.07) is 5.43. The van der Waals surface area contributed by atoms with E-state index in [-0.39, 0.29) is 5.91 Å². The Hall–Kier alpha value is -1.20. The van der Waals surface area contributed by atoms with Gasteiger partial charge in [0.1, 0.15) is 5.75 Å². The number of rotatable bonds is 5. The van der Waals surface area contributed by atoms with Crippen molar-refractivity contribution >= 4 is 23.4 Å². The Kier molecular flexibility index (Phi) is 4.71. The summed E-state index contributed by atoms with van der Waals surface area (Å²) in [5, 5.41) is 0. The highest BCUT2D eigenvalue weighted by molar-refractivity contribution is 7.98. The maximum atomic E-state index is 12.3. The predicted octanol–water partition coefficient (Wildman–Crippen LogP) is 1.66. The van der Waals surface area contributed by atoms with Crippen LogP contribution in [0.2, 0.25) is 0 Å². The SMILES string of the molecule is COc1ccc2c(c1)CCN2C(=O)[C@@H](N)CCSC. The minimum Gasteiger partial charge on any atom is -0.497 e. The van der Waals surface area contributed by atoms with E-state index in [1.54, 1.807) is 23.8 Å². The molecule has 0 bridgehead atoms. The van der Waals surface area contributed by atoms with Gasteiger partial charge in [-0.25, -0.2) is 0 Å². The zero-order valence-electron chi connectivity index (χ0n) is 11.4. The van der Waals surface area contributed by atoms with E-state index >= 15 is 0 Å². The van der Waals surface area contributed by atoms with Crippen molar-refractivity contribution in [3.05, 3.63) is 23.8 Å². The van der Waals surface area contributed by atoms with Crippen LogP contribution in [0.5, 0.6) is 5.75 Å². The van der Waals surface area contributed by atoms with Crippen LogP contribution >= 0.6 is 11.8 Å². The van der Waals surface area contributed by atoms with E-state index < -0.39 is 6.04 Å². The van der Waals surface area contributed by atoms with Crippen molar-refractivity contribution in [2.75, 3.05) is 30.6 Å². The van der Waals surface area contributed by atoms with Gasteiger partial charge in [0, 0.05) is 12.2 Å². The third-order valence-electron chi connectivity index (χ3n) is 3.40. The van der Waals surface area contributed by atoms with E-state index in [0.717, 1.165) is 35.6 Å². The lowest BCUT2D eigenvalue weighted by molar-refractivity contribution is -0.119. The summed E-state index contributed by atoms with van der Waals surface area (Å²) in [6.45, 7) is 0.717. The van der Waals surface area contributed by atoms with Crippen molar-refractivity contribution in [3.63, 3.8) is 0 Å². The van der Waals surface area contributed by atoms with E-state index in [0.29, 0.717) is 6.54 Å².